The van der Waals surface area contributed by atoms with Gasteiger partial charge in [0, 0.05) is 28.3 Å². The summed E-state index contributed by atoms with van der Waals surface area (Å²) in [5, 5.41) is 3.15. The molecule has 0 aromatic carbocycles. The fraction of sp³-hybridized carbons (Fsp3) is 0.923. The maximum atomic E-state index is 12.0. The van der Waals surface area contributed by atoms with Gasteiger partial charge in [-0.2, -0.15) is 0 Å². The summed E-state index contributed by atoms with van der Waals surface area (Å²) in [5.74, 6) is 0.102. The predicted octanol–water partition coefficient (Wildman–Crippen LogP) is 1.91. The number of nitrogens with two attached hydrogens (primary N) is 1. The van der Waals surface area contributed by atoms with Crippen LogP contribution in [0.25, 0.3) is 0 Å². The Morgan fingerprint density at radius 3 is 1.81 bits per heavy atom. The molecule has 16 heavy (non-hydrogen) atoms. The standard InChI is InChI=1S/C13H26N2O/c1-11(2,3)10(16)15-9-12(4,5)8(14)13(9,6)7/h8-9H,14H2,1-7H3,(H,15,16). The van der Waals surface area contributed by atoms with Crippen LogP contribution in [-0.2, 0) is 4.79 Å². The molecule has 0 unspecified atom stereocenters. The molecule has 94 valence electrons. The maximum absolute atomic E-state index is 12.0. The highest BCUT2D eigenvalue weighted by Gasteiger charge is 2.60. The summed E-state index contributed by atoms with van der Waals surface area (Å²) in [5.41, 5.74) is 5.77. The fourth-order valence-electron chi connectivity index (χ4n) is 2.90. The van der Waals surface area contributed by atoms with E-state index >= 15 is 0 Å². The molecule has 0 aromatic heterocycles. The Labute approximate surface area is 99.2 Å². The third-order valence-corrected chi connectivity index (χ3v) is 4.05. The summed E-state index contributed by atoms with van der Waals surface area (Å²) in [7, 11) is 0. The summed E-state index contributed by atoms with van der Waals surface area (Å²) >= 11 is 0. The fourth-order valence-corrected chi connectivity index (χ4v) is 2.90. The summed E-state index contributed by atoms with van der Waals surface area (Å²) in [4.78, 5) is 12.0. The van der Waals surface area contributed by atoms with Crippen LogP contribution in [0.2, 0.25) is 0 Å². The Hall–Kier alpha value is -0.570. The quantitative estimate of drug-likeness (QED) is 0.717. The van der Waals surface area contributed by atoms with Gasteiger partial charge in [-0.3, -0.25) is 4.79 Å². The van der Waals surface area contributed by atoms with Gasteiger partial charge in [-0.25, -0.2) is 0 Å². The van der Waals surface area contributed by atoms with E-state index in [9.17, 15) is 4.79 Å². The second kappa shape index (κ2) is 3.46. The molecular formula is C13H26N2O. The van der Waals surface area contributed by atoms with Crippen molar-refractivity contribution in [2.24, 2.45) is 22.0 Å². The first-order valence-electron chi connectivity index (χ1n) is 5.98. The van der Waals surface area contributed by atoms with Crippen molar-refractivity contribution >= 4 is 5.91 Å². The lowest BCUT2D eigenvalue weighted by Crippen LogP contribution is -2.76. The first-order valence-corrected chi connectivity index (χ1v) is 5.98. The lowest BCUT2D eigenvalue weighted by Gasteiger charge is -2.63. The molecule has 1 fully saturated rings. The highest BCUT2D eigenvalue weighted by Crippen LogP contribution is 2.52. The predicted molar refractivity (Wildman–Crippen MR) is 66.9 cm³/mol. The molecule has 1 saturated carbocycles. The monoisotopic (exact) mass is 226 g/mol. The topological polar surface area (TPSA) is 55.1 Å². The van der Waals surface area contributed by atoms with Crippen molar-refractivity contribution in [3.8, 4) is 0 Å². The van der Waals surface area contributed by atoms with Crippen LogP contribution >= 0.6 is 0 Å². The van der Waals surface area contributed by atoms with Crippen LogP contribution in [-0.4, -0.2) is 18.0 Å². The van der Waals surface area contributed by atoms with Gasteiger partial charge in [0.25, 0.3) is 0 Å². The van der Waals surface area contributed by atoms with Gasteiger partial charge < -0.3 is 11.1 Å². The van der Waals surface area contributed by atoms with Gasteiger partial charge in [-0.05, 0) is 0 Å². The number of carbonyl (C=O) groups is 1. The van der Waals surface area contributed by atoms with E-state index in [2.05, 4.69) is 33.0 Å². The van der Waals surface area contributed by atoms with E-state index in [0.29, 0.717) is 0 Å². The van der Waals surface area contributed by atoms with Crippen molar-refractivity contribution < 1.29 is 4.79 Å². The van der Waals surface area contributed by atoms with Gasteiger partial charge in [0.05, 0.1) is 0 Å². The molecule has 1 amide bonds. The average Bonchev–Trinajstić information content (AvgIpc) is 2.10. The maximum Gasteiger partial charge on any atom is 0.225 e. The summed E-state index contributed by atoms with van der Waals surface area (Å²) in [6.07, 6.45) is 0. The van der Waals surface area contributed by atoms with Gasteiger partial charge in [0.2, 0.25) is 5.91 Å². The molecule has 1 aliphatic carbocycles. The molecule has 1 rings (SSSR count). The van der Waals surface area contributed by atoms with E-state index in [1.807, 2.05) is 20.8 Å². The number of hydrogen-bond acceptors (Lipinski definition) is 2. The number of hydrogen-bond donors (Lipinski definition) is 2. The molecule has 0 atom stereocenters. The van der Waals surface area contributed by atoms with Crippen molar-refractivity contribution in [1.82, 2.24) is 5.32 Å². The third-order valence-electron chi connectivity index (χ3n) is 4.05. The summed E-state index contributed by atoms with van der Waals surface area (Å²) in [6.45, 7) is 14.3. The van der Waals surface area contributed by atoms with Crippen LogP contribution in [0.5, 0.6) is 0 Å². The summed E-state index contributed by atoms with van der Waals surface area (Å²) in [6, 6.07) is 0.284. The van der Waals surface area contributed by atoms with Gasteiger partial charge in [-0.15, -0.1) is 0 Å². The minimum absolute atomic E-state index is 0.0234. The van der Waals surface area contributed by atoms with Gasteiger partial charge in [-0.1, -0.05) is 48.5 Å². The van der Waals surface area contributed by atoms with Crippen LogP contribution in [0.1, 0.15) is 48.5 Å². The second-order valence-electron chi connectivity index (χ2n) is 7.28. The smallest absolute Gasteiger partial charge is 0.225 e. The van der Waals surface area contributed by atoms with E-state index in [4.69, 9.17) is 5.73 Å². The molecule has 3 heteroatoms. The molecule has 0 spiro atoms. The van der Waals surface area contributed by atoms with E-state index in [1.165, 1.54) is 0 Å². The second-order valence-corrected chi connectivity index (χ2v) is 7.28. The minimum Gasteiger partial charge on any atom is -0.352 e. The molecule has 0 radical (unpaired) electrons. The Balaban J connectivity index is 2.80. The lowest BCUT2D eigenvalue weighted by atomic mass is 9.48. The SMILES string of the molecule is CC(C)(C)C(=O)NC1C(C)(C)C(N)C1(C)C. The first kappa shape index (κ1) is 13.5. The van der Waals surface area contributed by atoms with Gasteiger partial charge >= 0.3 is 0 Å². The van der Waals surface area contributed by atoms with Gasteiger partial charge in [0.15, 0.2) is 0 Å². The number of rotatable bonds is 1. The van der Waals surface area contributed by atoms with Crippen LogP contribution in [0.3, 0.4) is 0 Å². The molecule has 3 nitrogen and oxygen atoms in total. The van der Waals surface area contributed by atoms with Crippen molar-refractivity contribution in [3.63, 3.8) is 0 Å². The third kappa shape index (κ3) is 1.86. The molecular weight excluding hydrogens is 200 g/mol. The molecule has 0 aromatic rings. The minimum atomic E-state index is -0.341. The van der Waals surface area contributed by atoms with Crippen LogP contribution in [0.4, 0.5) is 0 Å². The Bertz CT molecular complexity index is 284. The molecule has 0 aliphatic heterocycles. The molecule has 1 aliphatic rings. The molecule has 0 saturated heterocycles. The Kier molecular flexibility index (Phi) is 2.92. The van der Waals surface area contributed by atoms with E-state index < -0.39 is 0 Å². The largest absolute Gasteiger partial charge is 0.352 e. The zero-order valence-electron chi connectivity index (χ0n) is 11.6. The Morgan fingerprint density at radius 1 is 1.12 bits per heavy atom. The van der Waals surface area contributed by atoms with Crippen molar-refractivity contribution in [3.05, 3.63) is 0 Å². The highest BCUT2D eigenvalue weighted by molar-refractivity contribution is 5.82. The van der Waals surface area contributed by atoms with E-state index in [1.54, 1.807) is 0 Å². The summed E-state index contributed by atoms with van der Waals surface area (Å²) < 4.78 is 0. The lowest BCUT2D eigenvalue weighted by molar-refractivity contribution is -0.139. The number of nitrogens with one attached hydrogen (secondary N) is 1. The normalized spacial score (nSPS) is 31.8. The Morgan fingerprint density at radius 2 is 1.50 bits per heavy atom. The molecule has 3 N–H and O–H groups in total. The van der Waals surface area contributed by atoms with Gasteiger partial charge in [0.1, 0.15) is 0 Å². The zero-order chi connectivity index (χ0) is 12.9. The van der Waals surface area contributed by atoms with E-state index in [-0.39, 0.29) is 34.2 Å². The zero-order valence-corrected chi connectivity index (χ0v) is 11.6. The molecule has 0 bridgehead atoms. The number of amides is 1. The first-order chi connectivity index (χ1) is 6.91. The molecule has 0 heterocycles. The van der Waals surface area contributed by atoms with Crippen LogP contribution < -0.4 is 11.1 Å². The van der Waals surface area contributed by atoms with E-state index in [0.717, 1.165) is 0 Å². The number of carbonyl (C=O) groups excluding carboxylic acids is 1. The van der Waals surface area contributed by atoms with Crippen molar-refractivity contribution in [1.29, 1.82) is 0 Å². The van der Waals surface area contributed by atoms with Crippen molar-refractivity contribution in [2.75, 3.05) is 0 Å². The van der Waals surface area contributed by atoms with Crippen LogP contribution in [0.15, 0.2) is 0 Å². The van der Waals surface area contributed by atoms with Crippen molar-refractivity contribution in [2.45, 2.75) is 60.5 Å². The highest BCUT2D eigenvalue weighted by atomic mass is 16.2. The van der Waals surface area contributed by atoms with Crippen LogP contribution in [0, 0.1) is 16.2 Å². The average molecular weight is 226 g/mol.